The van der Waals surface area contributed by atoms with Crippen LogP contribution in [0.5, 0.6) is 11.6 Å². The molecule has 5 heteroatoms. The van der Waals surface area contributed by atoms with Crippen LogP contribution in [0.2, 0.25) is 0 Å². The predicted octanol–water partition coefficient (Wildman–Crippen LogP) is 4.66. The molecule has 0 amide bonds. The predicted molar refractivity (Wildman–Crippen MR) is 94.6 cm³/mol. The van der Waals surface area contributed by atoms with E-state index in [1.807, 2.05) is 36.5 Å². The third-order valence-corrected chi connectivity index (χ3v) is 4.50. The largest absolute Gasteiger partial charge is 0.496 e. The average Bonchev–Trinajstić information content (AvgIpc) is 2.94. The summed E-state index contributed by atoms with van der Waals surface area (Å²) in [5.41, 5.74) is 3.04. The lowest BCUT2D eigenvalue weighted by Gasteiger charge is -2.19. The molecule has 0 radical (unpaired) electrons. The van der Waals surface area contributed by atoms with Crippen molar-refractivity contribution in [2.75, 3.05) is 14.2 Å². The fourth-order valence-electron chi connectivity index (χ4n) is 3.00. The second kappa shape index (κ2) is 6.62. The van der Waals surface area contributed by atoms with Crippen LogP contribution >= 0.6 is 15.9 Å². The quantitative estimate of drug-likeness (QED) is 0.651. The first-order valence-electron chi connectivity index (χ1n) is 7.54. The first kappa shape index (κ1) is 15.9. The number of benzene rings is 1. The smallest absolute Gasteiger partial charge is 0.236 e. The fraction of sp³-hybridized carbons (Fsp3) is 0.278. The Bertz CT molecular complexity index is 829. The van der Waals surface area contributed by atoms with E-state index in [0.29, 0.717) is 5.88 Å². The Morgan fingerprint density at radius 1 is 1.13 bits per heavy atom. The highest BCUT2D eigenvalue weighted by Gasteiger charge is 2.25. The second-order valence-electron chi connectivity index (χ2n) is 5.28. The number of imidazole rings is 1. The molecule has 3 aromatic rings. The summed E-state index contributed by atoms with van der Waals surface area (Å²) in [6, 6.07) is 12.1. The highest BCUT2D eigenvalue weighted by Crippen LogP contribution is 2.39. The maximum absolute atomic E-state index is 5.56. The monoisotopic (exact) mass is 374 g/mol. The zero-order chi connectivity index (χ0) is 16.4. The summed E-state index contributed by atoms with van der Waals surface area (Å²) in [4.78, 5) is 4.60. The summed E-state index contributed by atoms with van der Waals surface area (Å²) in [5.74, 6) is 1.66. The Morgan fingerprint density at radius 2 is 1.91 bits per heavy atom. The van der Waals surface area contributed by atoms with Crippen molar-refractivity contribution in [3.8, 4) is 11.6 Å². The standard InChI is InChI=1S/C18H19BrN2O2/c1-4-13(14-7-5-6-8-15(14)22-2)17-18(23-3)20-16-10-9-12(19)11-21(16)17/h5-11,13H,4H2,1-3H3. The lowest BCUT2D eigenvalue weighted by Crippen LogP contribution is -2.07. The van der Waals surface area contributed by atoms with Gasteiger partial charge in [-0.1, -0.05) is 25.1 Å². The van der Waals surface area contributed by atoms with Gasteiger partial charge in [-0.25, -0.2) is 0 Å². The van der Waals surface area contributed by atoms with Crippen molar-refractivity contribution in [1.29, 1.82) is 0 Å². The van der Waals surface area contributed by atoms with Gasteiger partial charge in [0.25, 0.3) is 0 Å². The minimum atomic E-state index is 0.130. The minimum absolute atomic E-state index is 0.130. The molecule has 0 aliphatic heterocycles. The molecule has 0 fully saturated rings. The van der Waals surface area contributed by atoms with Crippen LogP contribution in [0, 0.1) is 0 Å². The number of ether oxygens (including phenoxy) is 2. The van der Waals surface area contributed by atoms with Gasteiger partial charge in [-0.15, -0.1) is 0 Å². The van der Waals surface area contributed by atoms with Crippen LogP contribution in [-0.4, -0.2) is 23.6 Å². The maximum atomic E-state index is 5.56. The normalized spacial score (nSPS) is 12.3. The number of hydrogen-bond acceptors (Lipinski definition) is 3. The molecule has 0 saturated carbocycles. The molecule has 0 saturated heterocycles. The van der Waals surface area contributed by atoms with E-state index in [2.05, 4.69) is 38.3 Å². The molecule has 3 rings (SSSR count). The number of pyridine rings is 1. The number of fused-ring (bicyclic) bond motifs is 1. The molecule has 2 aromatic heterocycles. The van der Waals surface area contributed by atoms with E-state index in [9.17, 15) is 0 Å². The first-order chi connectivity index (χ1) is 11.2. The summed E-state index contributed by atoms with van der Waals surface area (Å²) in [7, 11) is 3.36. The van der Waals surface area contributed by atoms with E-state index in [1.165, 1.54) is 0 Å². The topological polar surface area (TPSA) is 35.8 Å². The molecule has 0 bridgehead atoms. The van der Waals surface area contributed by atoms with Gasteiger partial charge in [0.2, 0.25) is 5.88 Å². The summed E-state index contributed by atoms with van der Waals surface area (Å²) in [6.45, 7) is 2.16. The SMILES string of the molecule is CCC(c1ccccc1OC)c1c(OC)nc2ccc(Br)cn12. The Hall–Kier alpha value is -2.01. The molecule has 1 unspecified atom stereocenters. The number of para-hydroxylation sites is 1. The van der Waals surface area contributed by atoms with Crippen molar-refractivity contribution in [2.45, 2.75) is 19.3 Å². The van der Waals surface area contributed by atoms with Gasteiger partial charge in [0.1, 0.15) is 11.4 Å². The Morgan fingerprint density at radius 3 is 2.61 bits per heavy atom. The Kier molecular flexibility index (Phi) is 4.57. The molecule has 23 heavy (non-hydrogen) atoms. The number of halogens is 1. The number of aromatic nitrogens is 2. The lowest BCUT2D eigenvalue weighted by molar-refractivity contribution is 0.388. The third kappa shape index (κ3) is 2.81. The number of hydrogen-bond donors (Lipinski definition) is 0. The highest BCUT2D eigenvalue weighted by atomic mass is 79.9. The third-order valence-electron chi connectivity index (χ3n) is 4.03. The number of methoxy groups -OCH3 is 2. The van der Waals surface area contributed by atoms with Gasteiger partial charge in [-0.2, -0.15) is 4.98 Å². The molecule has 120 valence electrons. The van der Waals surface area contributed by atoms with Gasteiger partial charge in [0.15, 0.2) is 0 Å². The average molecular weight is 375 g/mol. The molecule has 1 atom stereocenters. The van der Waals surface area contributed by atoms with E-state index in [-0.39, 0.29) is 5.92 Å². The summed E-state index contributed by atoms with van der Waals surface area (Å²) < 4.78 is 14.2. The maximum Gasteiger partial charge on any atom is 0.236 e. The van der Waals surface area contributed by atoms with E-state index in [4.69, 9.17) is 9.47 Å². The highest BCUT2D eigenvalue weighted by molar-refractivity contribution is 9.10. The lowest BCUT2D eigenvalue weighted by atomic mass is 9.92. The van der Waals surface area contributed by atoms with E-state index in [1.54, 1.807) is 14.2 Å². The van der Waals surface area contributed by atoms with E-state index >= 15 is 0 Å². The van der Waals surface area contributed by atoms with Crippen LogP contribution in [0.25, 0.3) is 5.65 Å². The Labute approximate surface area is 144 Å². The summed E-state index contributed by atoms with van der Waals surface area (Å²) >= 11 is 3.54. The van der Waals surface area contributed by atoms with Crippen LogP contribution in [0.1, 0.15) is 30.5 Å². The molecule has 0 aliphatic rings. The Balaban J connectivity index is 2.25. The zero-order valence-electron chi connectivity index (χ0n) is 13.4. The second-order valence-corrected chi connectivity index (χ2v) is 6.20. The van der Waals surface area contributed by atoms with Crippen LogP contribution in [0.3, 0.4) is 0 Å². The van der Waals surface area contributed by atoms with Crippen molar-refractivity contribution < 1.29 is 9.47 Å². The van der Waals surface area contributed by atoms with Crippen LogP contribution in [0.4, 0.5) is 0 Å². The number of nitrogens with zero attached hydrogens (tertiary/aromatic N) is 2. The number of rotatable bonds is 5. The first-order valence-corrected chi connectivity index (χ1v) is 8.33. The van der Waals surface area contributed by atoms with Crippen molar-refractivity contribution in [3.63, 3.8) is 0 Å². The van der Waals surface area contributed by atoms with Gasteiger partial charge in [-0.05, 0) is 40.5 Å². The zero-order valence-corrected chi connectivity index (χ0v) is 15.0. The van der Waals surface area contributed by atoms with Gasteiger partial charge in [0.05, 0.1) is 19.9 Å². The van der Waals surface area contributed by atoms with E-state index in [0.717, 1.165) is 33.5 Å². The molecule has 0 spiro atoms. The fourth-order valence-corrected chi connectivity index (χ4v) is 3.33. The molecule has 0 aliphatic carbocycles. The molecule has 4 nitrogen and oxygen atoms in total. The van der Waals surface area contributed by atoms with Gasteiger partial charge in [-0.3, -0.25) is 4.40 Å². The molecular formula is C18H19BrN2O2. The molecule has 0 N–H and O–H groups in total. The van der Waals surface area contributed by atoms with Crippen molar-refractivity contribution >= 4 is 21.6 Å². The van der Waals surface area contributed by atoms with Gasteiger partial charge < -0.3 is 9.47 Å². The molecule has 1 aromatic carbocycles. The van der Waals surface area contributed by atoms with Gasteiger partial charge in [0, 0.05) is 22.2 Å². The molecule has 2 heterocycles. The van der Waals surface area contributed by atoms with Crippen LogP contribution < -0.4 is 9.47 Å². The van der Waals surface area contributed by atoms with E-state index < -0.39 is 0 Å². The van der Waals surface area contributed by atoms with Crippen molar-refractivity contribution in [3.05, 3.63) is 58.3 Å². The summed E-state index contributed by atoms with van der Waals surface area (Å²) in [6.07, 6.45) is 2.94. The van der Waals surface area contributed by atoms with Crippen LogP contribution in [-0.2, 0) is 0 Å². The molecular weight excluding hydrogens is 356 g/mol. The minimum Gasteiger partial charge on any atom is -0.496 e. The van der Waals surface area contributed by atoms with Crippen LogP contribution in [0.15, 0.2) is 47.1 Å². The van der Waals surface area contributed by atoms with Crippen molar-refractivity contribution in [1.82, 2.24) is 9.38 Å². The summed E-state index contributed by atoms with van der Waals surface area (Å²) in [5, 5.41) is 0. The van der Waals surface area contributed by atoms with Crippen molar-refractivity contribution in [2.24, 2.45) is 0 Å². The van der Waals surface area contributed by atoms with Gasteiger partial charge >= 0.3 is 0 Å².